The molecule has 0 aliphatic carbocycles. The van der Waals surface area contributed by atoms with E-state index in [-0.39, 0.29) is 10.9 Å². The first-order chi connectivity index (χ1) is 9.92. The number of sulfonamides is 1. The molecule has 0 unspecified atom stereocenters. The Bertz CT molecular complexity index is 707. The Balaban J connectivity index is 2.23. The van der Waals surface area contributed by atoms with Crippen LogP contribution in [0, 0.1) is 0 Å². The summed E-state index contributed by atoms with van der Waals surface area (Å²) in [4.78, 5) is 0.243. The molecule has 0 aliphatic heterocycles. The van der Waals surface area contributed by atoms with E-state index in [1.165, 1.54) is 6.20 Å². The Morgan fingerprint density at radius 2 is 2.10 bits per heavy atom. The van der Waals surface area contributed by atoms with E-state index in [0.29, 0.717) is 12.2 Å². The Hall–Kier alpha value is -1.86. The minimum atomic E-state index is -3.60. The van der Waals surface area contributed by atoms with Gasteiger partial charge in [0.05, 0.1) is 16.8 Å². The van der Waals surface area contributed by atoms with Gasteiger partial charge in [0.15, 0.2) is 0 Å². The zero-order valence-electron chi connectivity index (χ0n) is 12.4. The molecule has 7 heteroatoms. The average Bonchev–Trinajstić information content (AvgIpc) is 2.87. The smallest absolute Gasteiger partial charge is 0.262 e. The summed E-state index contributed by atoms with van der Waals surface area (Å²) in [5, 5.41) is 7.12. The molecule has 0 saturated heterocycles. The molecule has 0 spiro atoms. The van der Waals surface area contributed by atoms with Gasteiger partial charge in [-0.2, -0.15) is 5.10 Å². The number of aromatic nitrogens is 2. The van der Waals surface area contributed by atoms with E-state index in [2.05, 4.69) is 15.1 Å². The molecule has 1 heterocycles. The average molecular weight is 308 g/mol. The van der Waals surface area contributed by atoms with Crippen molar-refractivity contribution in [1.29, 1.82) is 0 Å². The van der Waals surface area contributed by atoms with Crippen molar-refractivity contribution in [3.05, 3.63) is 42.2 Å². The summed E-state index contributed by atoms with van der Waals surface area (Å²) < 4.78 is 29.0. The van der Waals surface area contributed by atoms with Crippen molar-refractivity contribution in [2.24, 2.45) is 0 Å². The van der Waals surface area contributed by atoms with Crippen molar-refractivity contribution in [2.45, 2.75) is 31.3 Å². The molecule has 2 N–H and O–H groups in total. The number of hydrogen-bond donors (Lipinski definition) is 2. The number of nitrogens with zero attached hydrogens (tertiary/aromatic N) is 2. The van der Waals surface area contributed by atoms with Crippen molar-refractivity contribution in [1.82, 2.24) is 15.1 Å². The molecule has 1 aromatic heterocycles. The van der Waals surface area contributed by atoms with Crippen molar-refractivity contribution in [3.63, 3.8) is 0 Å². The standard InChI is InChI=1S/C14H20N4O2S/c1-11(2)18-10-13(9-16-18)17-21(19,20)14-6-4-5-12(7-14)8-15-3/h4-7,9-11,15,17H,8H2,1-3H3. The fourth-order valence-electron chi connectivity index (χ4n) is 1.91. The molecular weight excluding hydrogens is 288 g/mol. The predicted molar refractivity (Wildman–Crippen MR) is 82.6 cm³/mol. The molecular formula is C14H20N4O2S. The molecule has 0 saturated carbocycles. The van der Waals surface area contributed by atoms with Crippen LogP contribution in [0.15, 0.2) is 41.6 Å². The molecule has 21 heavy (non-hydrogen) atoms. The maximum absolute atomic E-state index is 12.4. The molecule has 0 atom stereocenters. The van der Waals surface area contributed by atoms with Gasteiger partial charge in [0.25, 0.3) is 10.0 Å². The third-order valence-electron chi connectivity index (χ3n) is 2.97. The largest absolute Gasteiger partial charge is 0.316 e. The molecule has 0 fully saturated rings. The van der Waals surface area contributed by atoms with Crippen LogP contribution in [0.2, 0.25) is 0 Å². The first kappa shape index (κ1) is 15.5. The van der Waals surface area contributed by atoms with Gasteiger partial charge in [0.1, 0.15) is 0 Å². The third-order valence-corrected chi connectivity index (χ3v) is 4.35. The Morgan fingerprint density at radius 1 is 1.33 bits per heavy atom. The van der Waals surface area contributed by atoms with Crippen LogP contribution in [0.3, 0.4) is 0 Å². The van der Waals surface area contributed by atoms with E-state index < -0.39 is 10.0 Å². The Kier molecular flexibility index (Phi) is 4.64. The lowest BCUT2D eigenvalue weighted by Gasteiger charge is -2.08. The van der Waals surface area contributed by atoms with Gasteiger partial charge < -0.3 is 5.32 Å². The lowest BCUT2D eigenvalue weighted by molar-refractivity contribution is 0.532. The molecule has 2 aromatic rings. The van der Waals surface area contributed by atoms with Crippen LogP contribution in [0.1, 0.15) is 25.5 Å². The summed E-state index contributed by atoms with van der Waals surface area (Å²) in [5.74, 6) is 0. The highest BCUT2D eigenvalue weighted by Crippen LogP contribution is 2.17. The summed E-state index contributed by atoms with van der Waals surface area (Å²) in [6.45, 7) is 4.58. The Morgan fingerprint density at radius 3 is 2.71 bits per heavy atom. The first-order valence-electron chi connectivity index (χ1n) is 6.73. The zero-order chi connectivity index (χ0) is 15.5. The molecule has 2 rings (SSSR count). The summed E-state index contributed by atoms with van der Waals surface area (Å²) in [5.41, 5.74) is 1.38. The monoisotopic (exact) mass is 308 g/mol. The lowest BCUT2D eigenvalue weighted by atomic mass is 10.2. The number of benzene rings is 1. The third kappa shape index (κ3) is 3.83. The van der Waals surface area contributed by atoms with E-state index in [9.17, 15) is 8.42 Å². The molecule has 1 aromatic carbocycles. The Labute approximate surface area is 125 Å². The van der Waals surface area contributed by atoms with Gasteiger partial charge in [0, 0.05) is 18.8 Å². The van der Waals surface area contributed by atoms with E-state index >= 15 is 0 Å². The van der Waals surface area contributed by atoms with Gasteiger partial charge in [-0.1, -0.05) is 12.1 Å². The second-order valence-corrected chi connectivity index (χ2v) is 6.77. The van der Waals surface area contributed by atoms with Crippen molar-refractivity contribution >= 4 is 15.7 Å². The van der Waals surface area contributed by atoms with E-state index in [4.69, 9.17) is 0 Å². The molecule has 6 nitrogen and oxygen atoms in total. The minimum absolute atomic E-state index is 0.183. The van der Waals surface area contributed by atoms with Crippen LogP contribution in [-0.2, 0) is 16.6 Å². The van der Waals surface area contributed by atoms with E-state index in [0.717, 1.165) is 5.56 Å². The summed E-state index contributed by atoms with van der Waals surface area (Å²) in [7, 11) is -1.78. The number of anilines is 1. The van der Waals surface area contributed by atoms with Crippen molar-refractivity contribution in [3.8, 4) is 0 Å². The topological polar surface area (TPSA) is 76.0 Å². The second kappa shape index (κ2) is 6.28. The molecule has 0 amide bonds. The molecule has 0 radical (unpaired) electrons. The highest BCUT2D eigenvalue weighted by Gasteiger charge is 2.15. The predicted octanol–water partition coefficient (Wildman–Crippen LogP) is 1.98. The van der Waals surface area contributed by atoms with Crippen molar-refractivity contribution < 1.29 is 8.42 Å². The van der Waals surface area contributed by atoms with Crippen LogP contribution in [0.25, 0.3) is 0 Å². The van der Waals surface area contributed by atoms with Gasteiger partial charge >= 0.3 is 0 Å². The fraction of sp³-hybridized carbons (Fsp3) is 0.357. The summed E-state index contributed by atoms with van der Waals surface area (Å²) >= 11 is 0. The quantitative estimate of drug-likeness (QED) is 0.855. The van der Waals surface area contributed by atoms with Crippen molar-refractivity contribution in [2.75, 3.05) is 11.8 Å². The van der Waals surface area contributed by atoms with Gasteiger partial charge in [-0.25, -0.2) is 8.42 Å². The van der Waals surface area contributed by atoms with Gasteiger partial charge in [0.2, 0.25) is 0 Å². The summed E-state index contributed by atoms with van der Waals surface area (Å²) in [6.07, 6.45) is 3.19. The van der Waals surface area contributed by atoms with Gasteiger partial charge in [-0.05, 0) is 38.6 Å². The maximum atomic E-state index is 12.4. The lowest BCUT2D eigenvalue weighted by Crippen LogP contribution is -2.13. The maximum Gasteiger partial charge on any atom is 0.262 e. The summed E-state index contributed by atoms with van der Waals surface area (Å²) in [6, 6.07) is 7.03. The van der Waals surface area contributed by atoms with Crippen LogP contribution in [0.5, 0.6) is 0 Å². The van der Waals surface area contributed by atoms with Crippen LogP contribution < -0.4 is 10.0 Å². The number of rotatable bonds is 6. The van der Waals surface area contributed by atoms with Crippen LogP contribution in [0.4, 0.5) is 5.69 Å². The highest BCUT2D eigenvalue weighted by atomic mass is 32.2. The molecule has 114 valence electrons. The normalized spacial score (nSPS) is 11.8. The first-order valence-corrected chi connectivity index (χ1v) is 8.21. The number of nitrogens with one attached hydrogen (secondary N) is 2. The fourth-order valence-corrected chi connectivity index (χ4v) is 3.01. The second-order valence-electron chi connectivity index (χ2n) is 5.09. The van der Waals surface area contributed by atoms with Gasteiger partial charge in [-0.15, -0.1) is 0 Å². The van der Waals surface area contributed by atoms with E-state index in [1.807, 2.05) is 27.0 Å². The zero-order valence-corrected chi connectivity index (χ0v) is 13.2. The number of hydrogen-bond acceptors (Lipinski definition) is 4. The molecule has 0 aliphatic rings. The minimum Gasteiger partial charge on any atom is -0.316 e. The molecule has 0 bridgehead atoms. The van der Waals surface area contributed by atoms with Gasteiger partial charge in [-0.3, -0.25) is 9.40 Å². The SMILES string of the molecule is CNCc1cccc(S(=O)(=O)Nc2cnn(C(C)C)c2)c1. The van der Waals surface area contributed by atoms with E-state index in [1.54, 1.807) is 29.1 Å². The van der Waals surface area contributed by atoms with Crippen LogP contribution in [-0.4, -0.2) is 25.2 Å². The highest BCUT2D eigenvalue weighted by molar-refractivity contribution is 7.92. The van der Waals surface area contributed by atoms with Crippen LogP contribution >= 0.6 is 0 Å².